The number of piperazine rings is 1. The van der Waals surface area contributed by atoms with Gasteiger partial charge in [-0.1, -0.05) is 30.3 Å². The van der Waals surface area contributed by atoms with Gasteiger partial charge in [-0.25, -0.2) is 8.42 Å². The first-order valence-electron chi connectivity index (χ1n) is 8.42. The van der Waals surface area contributed by atoms with Crippen molar-refractivity contribution in [3.05, 3.63) is 59.7 Å². The van der Waals surface area contributed by atoms with Crippen molar-refractivity contribution in [1.29, 1.82) is 0 Å². The van der Waals surface area contributed by atoms with Crippen LogP contribution in [0.25, 0.3) is 0 Å². The maximum Gasteiger partial charge on any atom is 0.243 e. The van der Waals surface area contributed by atoms with Crippen molar-refractivity contribution >= 4 is 10.0 Å². The molecule has 1 fully saturated rings. The first-order valence-corrected chi connectivity index (χ1v) is 9.86. The predicted octanol–water partition coefficient (Wildman–Crippen LogP) is 2.51. The quantitative estimate of drug-likeness (QED) is 0.822. The van der Waals surface area contributed by atoms with Crippen molar-refractivity contribution in [2.45, 2.75) is 18.4 Å². The maximum absolute atomic E-state index is 12.7. The number of aryl methyl sites for hydroxylation is 1. The molecule has 5 nitrogen and oxygen atoms in total. The Balaban J connectivity index is 1.61. The zero-order valence-corrected chi connectivity index (χ0v) is 15.5. The van der Waals surface area contributed by atoms with Crippen LogP contribution in [0.2, 0.25) is 0 Å². The largest absolute Gasteiger partial charge is 0.496 e. The van der Waals surface area contributed by atoms with E-state index < -0.39 is 10.0 Å². The minimum Gasteiger partial charge on any atom is -0.496 e. The van der Waals surface area contributed by atoms with Crippen molar-refractivity contribution in [2.24, 2.45) is 0 Å². The van der Waals surface area contributed by atoms with E-state index in [1.165, 1.54) is 5.56 Å². The Hall–Kier alpha value is -1.89. The molecular weight excluding hydrogens is 336 g/mol. The molecule has 0 radical (unpaired) electrons. The molecular formula is C19H24N2O3S. The van der Waals surface area contributed by atoms with E-state index in [2.05, 4.69) is 17.0 Å². The van der Waals surface area contributed by atoms with Gasteiger partial charge in [0.25, 0.3) is 0 Å². The molecule has 1 saturated heterocycles. The van der Waals surface area contributed by atoms with Gasteiger partial charge in [0.2, 0.25) is 10.0 Å². The fourth-order valence-electron chi connectivity index (χ4n) is 3.17. The lowest BCUT2D eigenvalue weighted by atomic mass is 10.1. The number of nitrogens with zero attached hydrogens (tertiary/aromatic N) is 2. The number of rotatable bonds is 5. The second-order valence-electron chi connectivity index (χ2n) is 6.30. The summed E-state index contributed by atoms with van der Waals surface area (Å²) in [7, 11) is -1.71. The highest BCUT2D eigenvalue weighted by atomic mass is 32.2. The minimum absolute atomic E-state index is 0.370. The Labute approximate surface area is 149 Å². The molecule has 1 aliphatic rings. The highest BCUT2D eigenvalue weighted by Crippen LogP contribution is 2.21. The smallest absolute Gasteiger partial charge is 0.243 e. The van der Waals surface area contributed by atoms with Crippen LogP contribution in [-0.2, 0) is 16.6 Å². The molecule has 0 bridgehead atoms. The summed E-state index contributed by atoms with van der Waals surface area (Å²) < 4.78 is 32.2. The molecule has 0 unspecified atom stereocenters. The van der Waals surface area contributed by atoms with Gasteiger partial charge in [-0.3, -0.25) is 4.90 Å². The molecule has 0 aromatic heterocycles. The molecule has 0 saturated carbocycles. The van der Waals surface area contributed by atoms with Crippen molar-refractivity contribution in [2.75, 3.05) is 33.3 Å². The zero-order chi connectivity index (χ0) is 17.9. The summed E-state index contributed by atoms with van der Waals surface area (Å²) >= 11 is 0. The lowest BCUT2D eigenvalue weighted by Gasteiger charge is -2.34. The molecule has 25 heavy (non-hydrogen) atoms. The molecule has 0 spiro atoms. The third-order valence-electron chi connectivity index (χ3n) is 4.58. The Bertz CT molecular complexity index is 814. The molecule has 0 aliphatic carbocycles. The molecule has 0 N–H and O–H groups in total. The summed E-state index contributed by atoms with van der Waals surface area (Å²) in [5.41, 5.74) is 2.34. The summed E-state index contributed by atoms with van der Waals surface area (Å²) in [5, 5.41) is 0. The molecule has 1 heterocycles. The minimum atomic E-state index is -3.38. The summed E-state index contributed by atoms with van der Waals surface area (Å²) in [6.45, 7) is 5.36. The van der Waals surface area contributed by atoms with Gasteiger partial charge in [-0.05, 0) is 36.2 Å². The lowest BCUT2D eigenvalue weighted by molar-refractivity contribution is 0.181. The molecule has 2 aromatic rings. The van der Waals surface area contributed by atoms with Gasteiger partial charge in [-0.15, -0.1) is 0 Å². The van der Waals surface area contributed by atoms with E-state index in [1.807, 2.05) is 19.1 Å². The number of benzene rings is 2. The van der Waals surface area contributed by atoms with E-state index >= 15 is 0 Å². The summed E-state index contributed by atoms with van der Waals surface area (Å²) in [6, 6.07) is 14.8. The first kappa shape index (κ1) is 17.9. The summed E-state index contributed by atoms with van der Waals surface area (Å²) in [6.07, 6.45) is 0. The monoisotopic (exact) mass is 360 g/mol. The fraction of sp³-hybridized carbons (Fsp3) is 0.368. The van der Waals surface area contributed by atoms with Crippen LogP contribution in [0, 0.1) is 6.92 Å². The molecule has 2 aromatic carbocycles. The van der Waals surface area contributed by atoms with Crippen LogP contribution in [0.1, 0.15) is 11.1 Å². The number of hydrogen-bond donors (Lipinski definition) is 0. The van der Waals surface area contributed by atoms with E-state index in [0.717, 1.165) is 30.9 Å². The second-order valence-corrected chi connectivity index (χ2v) is 8.24. The van der Waals surface area contributed by atoms with Gasteiger partial charge in [0.05, 0.1) is 12.0 Å². The topological polar surface area (TPSA) is 49.9 Å². The first-order chi connectivity index (χ1) is 12.0. The molecule has 0 amide bonds. The van der Waals surface area contributed by atoms with Crippen LogP contribution < -0.4 is 4.74 Å². The van der Waals surface area contributed by atoms with E-state index in [4.69, 9.17) is 4.74 Å². The van der Waals surface area contributed by atoms with Crippen molar-refractivity contribution < 1.29 is 13.2 Å². The van der Waals surface area contributed by atoms with Crippen LogP contribution in [0.5, 0.6) is 5.75 Å². The van der Waals surface area contributed by atoms with Crippen molar-refractivity contribution in [3.8, 4) is 5.75 Å². The number of ether oxygens (including phenoxy) is 1. The van der Waals surface area contributed by atoms with Crippen LogP contribution in [0.15, 0.2) is 53.4 Å². The van der Waals surface area contributed by atoms with E-state index in [1.54, 1.807) is 35.7 Å². The van der Waals surface area contributed by atoms with Crippen LogP contribution in [0.4, 0.5) is 0 Å². The third kappa shape index (κ3) is 4.03. The van der Waals surface area contributed by atoms with Crippen LogP contribution >= 0.6 is 0 Å². The maximum atomic E-state index is 12.7. The van der Waals surface area contributed by atoms with Crippen molar-refractivity contribution in [1.82, 2.24) is 9.21 Å². The van der Waals surface area contributed by atoms with Gasteiger partial charge >= 0.3 is 0 Å². The molecule has 6 heteroatoms. The lowest BCUT2D eigenvalue weighted by Crippen LogP contribution is -2.48. The van der Waals surface area contributed by atoms with Gasteiger partial charge < -0.3 is 4.74 Å². The Morgan fingerprint density at radius 3 is 2.28 bits per heavy atom. The average molecular weight is 360 g/mol. The number of sulfonamides is 1. The third-order valence-corrected chi connectivity index (χ3v) is 6.49. The molecule has 3 rings (SSSR count). The summed E-state index contributed by atoms with van der Waals surface area (Å²) in [4.78, 5) is 2.66. The second kappa shape index (κ2) is 7.56. The van der Waals surface area contributed by atoms with E-state index in [-0.39, 0.29) is 0 Å². The molecule has 1 aliphatic heterocycles. The molecule has 134 valence electrons. The SMILES string of the molecule is COc1ccc(CN2CCN(S(=O)(=O)c3ccccc3)CC2)cc1C. The standard InChI is InChI=1S/C19H24N2O3S/c1-16-14-17(8-9-19(16)24-2)15-20-10-12-21(13-11-20)25(22,23)18-6-4-3-5-7-18/h3-9,14H,10-13,15H2,1-2H3. The Kier molecular flexibility index (Phi) is 5.42. The van der Waals surface area contributed by atoms with Gasteiger partial charge in [0, 0.05) is 32.7 Å². The molecule has 0 atom stereocenters. The number of hydrogen-bond acceptors (Lipinski definition) is 4. The highest BCUT2D eigenvalue weighted by Gasteiger charge is 2.28. The zero-order valence-electron chi connectivity index (χ0n) is 14.7. The van der Waals surface area contributed by atoms with Gasteiger partial charge in [0.15, 0.2) is 0 Å². The van der Waals surface area contributed by atoms with Crippen LogP contribution in [0.3, 0.4) is 0 Å². The summed E-state index contributed by atoms with van der Waals surface area (Å²) in [5.74, 6) is 0.891. The normalized spacial score (nSPS) is 16.7. The Morgan fingerprint density at radius 1 is 1.00 bits per heavy atom. The van der Waals surface area contributed by atoms with Gasteiger partial charge in [-0.2, -0.15) is 4.31 Å². The van der Waals surface area contributed by atoms with Crippen LogP contribution in [-0.4, -0.2) is 50.9 Å². The van der Waals surface area contributed by atoms with E-state index in [0.29, 0.717) is 18.0 Å². The fourth-order valence-corrected chi connectivity index (χ4v) is 4.61. The Morgan fingerprint density at radius 2 is 1.68 bits per heavy atom. The van der Waals surface area contributed by atoms with Crippen molar-refractivity contribution in [3.63, 3.8) is 0 Å². The number of methoxy groups -OCH3 is 1. The van der Waals surface area contributed by atoms with E-state index in [9.17, 15) is 8.42 Å². The average Bonchev–Trinajstić information content (AvgIpc) is 2.63. The predicted molar refractivity (Wildman–Crippen MR) is 98.2 cm³/mol. The highest BCUT2D eigenvalue weighted by molar-refractivity contribution is 7.89. The van der Waals surface area contributed by atoms with Gasteiger partial charge in [0.1, 0.15) is 5.75 Å².